The average Bonchev–Trinajstić information content (AvgIpc) is 2.45. The molecule has 0 saturated carbocycles. The minimum atomic E-state index is -0.972. The second-order valence-corrected chi connectivity index (χ2v) is 5.95. The van der Waals surface area contributed by atoms with Gasteiger partial charge in [0.1, 0.15) is 12.4 Å². The Bertz CT molecular complexity index is 681. The number of benzene rings is 2. The standard InChI is InChI=1S/C16H12Br2O3/c17-13-4-2-1-3-12(13)10-21-15-7-5-11(9-14(15)18)6-8-16(19)20/h1-9H,10H2,(H,19,20). The number of carbonyl (C=O) groups is 1. The van der Waals surface area contributed by atoms with Crippen LogP contribution in [0, 0.1) is 0 Å². The first-order valence-electron chi connectivity index (χ1n) is 6.13. The van der Waals surface area contributed by atoms with Crippen LogP contribution >= 0.6 is 31.9 Å². The predicted octanol–water partition coefficient (Wildman–Crippen LogP) is 4.89. The lowest BCUT2D eigenvalue weighted by molar-refractivity contribution is -0.131. The molecule has 0 unspecified atom stereocenters. The van der Waals surface area contributed by atoms with Crippen molar-refractivity contribution >= 4 is 43.9 Å². The molecule has 0 aliphatic carbocycles. The summed E-state index contributed by atoms with van der Waals surface area (Å²) in [6.45, 7) is 0.449. The minimum Gasteiger partial charge on any atom is -0.488 e. The van der Waals surface area contributed by atoms with Gasteiger partial charge in [-0.1, -0.05) is 40.2 Å². The molecule has 0 aliphatic rings. The zero-order chi connectivity index (χ0) is 15.2. The van der Waals surface area contributed by atoms with Crippen molar-refractivity contribution in [1.82, 2.24) is 0 Å². The highest BCUT2D eigenvalue weighted by atomic mass is 79.9. The van der Waals surface area contributed by atoms with Crippen molar-refractivity contribution in [3.8, 4) is 5.75 Å². The van der Waals surface area contributed by atoms with Crippen LogP contribution in [0.3, 0.4) is 0 Å². The first kappa shape index (κ1) is 15.8. The van der Waals surface area contributed by atoms with Crippen LogP contribution < -0.4 is 4.74 Å². The maximum atomic E-state index is 10.5. The Morgan fingerprint density at radius 3 is 2.57 bits per heavy atom. The van der Waals surface area contributed by atoms with Crippen LogP contribution in [0.2, 0.25) is 0 Å². The third kappa shape index (κ3) is 4.72. The lowest BCUT2D eigenvalue weighted by atomic mass is 10.2. The van der Waals surface area contributed by atoms with E-state index in [0.717, 1.165) is 26.1 Å². The number of aliphatic carboxylic acids is 1. The Kier molecular flexibility index (Phi) is 5.59. The Hall–Kier alpha value is -1.59. The number of hydrogen-bond donors (Lipinski definition) is 1. The Labute approximate surface area is 139 Å². The topological polar surface area (TPSA) is 46.5 Å². The van der Waals surface area contributed by atoms with Gasteiger partial charge in [0.25, 0.3) is 0 Å². The SMILES string of the molecule is O=C(O)C=Cc1ccc(OCc2ccccc2Br)c(Br)c1. The lowest BCUT2D eigenvalue weighted by Crippen LogP contribution is -1.97. The zero-order valence-electron chi connectivity index (χ0n) is 10.9. The van der Waals surface area contributed by atoms with Gasteiger partial charge in [0.2, 0.25) is 0 Å². The van der Waals surface area contributed by atoms with E-state index in [4.69, 9.17) is 9.84 Å². The molecular formula is C16H12Br2O3. The molecule has 21 heavy (non-hydrogen) atoms. The number of rotatable bonds is 5. The van der Waals surface area contributed by atoms with Gasteiger partial charge >= 0.3 is 5.97 Å². The number of halogens is 2. The molecule has 0 aliphatic heterocycles. The Morgan fingerprint density at radius 1 is 1.14 bits per heavy atom. The Balaban J connectivity index is 2.08. The summed E-state index contributed by atoms with van der Waals surface area (Å²) in [6.07, 6.45) is 2.63. The molecule has 0 atom stereocenters. The summed E-state index contributed by atoms with van der Waals surface area (Å²) in [6, 6.07) is 13.3. The number of hydrogen-bond acceptors (Lipinski definition) is 2. The second-order valence-electron chi connectivity index (χ2n) is 4.24. The average molecular weight is 412 g/mol. The van der Waals surface area contributed by atoms with Crippen molar-refractivity contribution in [2.24, 2.45) is 0 Å². The highest BCUT2D eigenvalue weighted by molar-refractivity contribution is 9.10. The lowest BCUT2D eigenvalue weighted by Gasteiger charge is -2.10. The first-order chi connectivity index (χ1) is 10.1. The molecule has 0 fully saturated rings. The van der Waals surface area contributed by atoms with E-state index in [1.165, 1.54) is 6.08 Å². The fraction of sp³-hybridized carbons (Fsp3) is 0.0625. The van der Waals surface area contributed by atoms with Gasteiger partial charge in [-0.05, 0) is 45.8 Å². The zero-order valence-corrected chi connectivity index (χ0v) is 14.1. The van der Waals surface area contributed by atoms with Gasteiger partial charge in [0.15, 0.2) is 0 Å². The van der Waals surface area contributed by atoms with Gasteiger partial charge < -0.3 is 9.84 Å². The van der Waals surface area contributed by atoms with E-state index in [1.807, 2.05) is 36.4 Å². The van der Waals surface area contributed by atoms with Gasteiger partial charge in [0, 0.05) is 16.1 Å². The van der Waals surface area contributed by atoms with Gasteiger partial charge in [-0.15, -0.1) is 0 Å². The van der Waals surface area contributed by atoms with Gasteiger partial charge in [0.05, 0.1) is 4.47 Å². The summed E-state index contributed by atoms with van der Waals surface area (Å²) in [5.41, 5.74) is 1.84. The maximum Gasteiger partial charge on any atom is 0.328 e. The van der Waals surface area contributed by atoms with Crippen LogP contribution in [0.5, 0.6) is 5.75 Å². The molecule has 108 valence electrons. The van der Waals surface area contributed by atoms with Gasteiger partial charge in [-0.2, -0.15) is 0 Å². The fourth-order valence-electron chi connectivity index (χ4n) is 1.68. The summed E-state index contributed by atoms with van der Waals surface area (Å²) in [7, 11) is 0. The van der Waals surface area contributed by atoms with Crippen LogP contribution in [0.25, 0.3) is 6.08 Å². The predicted molar refractivity (Wildman–Crippen MR) is 89.3 cm³/mol. The number of carboxylic acid groups (broad SMARTS) is 1. The van der Waals surface area contributed by atoms with E-state index >= 15 is 0 Å². The normalized spacial score (nSPS) is 10.8. The molecule has 0 spiro atoms. The molecule has 0 radical (unpaired) electrons. The molecule has 2 aromatic carbocycles. The van der Waals surface area contributed by atoms with Crippen LogP contribution in [0.1, 0.15) is 11.1 Å². The minimum absolute atomic E-state index is 0.449. The van der Waals surface area contributed by atoms with Crippen molar-refractivity contribution in [3.63, 3.8) is 0 Å². The monoisotopic (exact) mass is 410 g/mol. The van der Waals surface area contributed by atoms with Crippen LogP contribution in [-0.4, -0.2) is 11.1 Å². The summed E-state index contributed by atoms with van der Waals surface area (Å²) in [4.78, 5) is 10.5. The molecular weight excluding hydrogens is 400 g/mol. The summed E-state index contributed by atoms with van der Waals surface area (Å²) in [5, 5.41) is 8.61. The van der Waals surface area contributed by atoms with Gasteiger partial charge in [-0.3, -0.25) is 0 Å². The molecule has 0 bridgehead atoms. The highest BCUT2D eigenvalue weighted by Gasteiger charge is 2.04. The quantitative estimate of drug-likeness (QED) is 0.712. The van der Waals surface area contributed by atoms with Crippen molar-refractivity contribution in [1.29, 1.82) is 0 Å². The molecule has 2 aromatic rings. The van der Waals surface area contributed by atoms with E-state index in [-0.39, 0.29) is 0 Å². The summed E-state index contributed by atoms with van der Waals surface area (Å²) in [5.74, 6) is -0.265. The Morgan fingerprint density at radius 2 is 1.90 bits per heavy atom. The third-order valence-corrected chi connectivity index (χ3v) is 4.11. The van der Waals surface area contributed by atoms with E-state index in [0.29, 0.717) is 12.4 Å². The molecule has 0 amide bonds. The maximum absolute atomic E-state index is 10.5. The molecule has 1 N–H and O–H groups in total. The molecule has 2 rings (SSSR count). The number of carboxylic acids is 1. The van der Waals surface area contributed by atoms with Crippen LogP contribution in [0.15, 0.2) is 57.5 Å². The molecule has 0 heterocycles. The van der Waals surface area contributed by atoms with Crippen LogP contribution in [-0.2, 0) is 11.4 Å². The molecule has 0 saturated heterocycles. The fourth-order valence-corrected chi connectivity index (χ4v) is 2.59. The second kappa shape index (κ2) is 7.43. The van der Waals surface area contributed by atoms with Gasteiger partial charge in [-0.25, -0.2) is 4.79 Å². The van der Waals surface area contributed by atoms with E-state index in [1.54, 1.807) is 6.07 Å². The smallest absolute Gasteiger partial charge is 0.328 e. The van der Waals surface area contributed by atoms with E-state index in [9.17, 15) is 4.79 Å². The largest absolute Gasteiger partial charge is 0.488 e. The summed E-state index contributed by atoms with van der Waals surface area (Å²) < 4.78 is 7.55. The number of ether oxygens (including phenoxy) is 1. The van der Waals surface area contributed by atoms with E-state index < -0.39 is 5.97 Å². The van der Waals surface area contributed by atoms with Crippen molar-refractivity contribution < 1.29 is 14.6 Å². The molecule has 3 nitrogen and oxygen atoms in total. The highest BCUT2D eigenvalue weighted by Crippen LogP contribution is 2.28. The van der Waals surface area contributed by atoms with Crippen molar-refractivity contribution in [2.75, 3.05) is 0 Å². The van der Waals surface area contributed by atoms with E-state index in [2.05, 4.69) is 31.9 Å². The summed E-state index contributed by atoms with van der Waals surface area (Å²) >= 11 is 6.91. The molecule has 5 heteroatoms. The third-order valence-electron chi connectivity index (χ3n) is 2.72. The first-order valence-corrected chi connectivity index (χ1v) is 7.71. The van der Waals surface area contributed by atoms with Crippen molar-refractivity contribution in [3.05, 3.63) is 68.6 Å². The molecule has 0 aromatic heterocycles. The van der Waals surface area contributed by atoms with Crippen molar-refractivity contribution in [2.45, 2.75) is 6.61 Å². The van der Waals surface area contributed by atoms with Crippen LogP contribution in [0.4, 0.5) is 0 Å².